The average Bonchev–Trinajstić information content (AvgIpc) is 2.25. The molecular formula is C13H18O4. The fourth-order valence-corrected chi connectivity index (χ4v) is 1.93. The molecule has 0 saturated heterocycles. The molecule has 4 heteroatoms. The summed E-state index contributed by atoms with van der Waals surface area (Å²) in [5.41, 5.74) is -0.939. The van der Waals surface area contributed by atoms with Crippen molar-refractivity contribution in [1.82, 2.24) is 0 Å². The highest BCUT2D eigenvalue weighted by molar-refractivity contribution is 5.72. The third-order valence-corrected chi connectivity index (χ3v) is 3.01. The van der Waals surface area contributed by atoms with Crippen molar-refractivity contribution < 1.29 is 20.1 Å². The predicted octanol–water partition coefficient (Wildman–Crippen LogP) is 2.10. The Labute approximate surface area is 101 Å². The zero-order valence-electron chi connectivity index (χ0n) is 10.1. The highest BCUT2D eigenvalue weighted by atomic mass is 16.4. The van der Waals surface area contributed by atoms with Crippen molar-refractivity contribution in [2.24, 2.45) is 5.92 Å². The summed E-state index contributed by atoms with van der Waals surface area (Å²) in [4.78, 5) is 11.2. The number of carboxylic acids is 1. The van der Waals surface area contributed by atoms with Crippen LogP contribution < -0.4 is 0 Å². The molecule has 0 aromatic heterocycles. The van der Waals surface area contributed by atoms with Gasteiger partial charge in [0.1, 0.15) is 11.4 Å². The lowest BCUT2D eigenvalue weighted by Gasteiger charge is -2.30. The van der Waals surface area contributed by atoms with Crippen LogP contribution in [0.2, 0.25) is 0 Å². The van der Waals surface area contributed by atoms with Gasteiger partial charge in [-0.2, -0.15) is 0 Å². The van der Waals surface area contributed by atoms with E-state index in [2.05, 4.69) is 0 Å². The SMILES string of the molecule is CCCC(C(=O)O)C(C)(O)c1ccc(O)cc1. The normalized spacial score (nSPS) is 16.2. The molecule has 2 unspecified atom stereocenters. The van der Waals surface area contributed by atoms with E-state index in [4.69, 9.17) is 5.11 Å². The van der Waals surface area contributed by atoms with Crippen molar-refractivity contribution in [3.8, 4) is 5.75 Å². The summed E-state index contributed by atoms with van der Waals surface area (Å²) in [5, 5.41) is 28.7. The molecule has 0 aliphatic rings. The molecule has 3 N–H and O–H groups in total. The summed E-state index contributed by atoms with van der Waals surface area (Å²) in [5.74, 6) is -1.77. The van der Waals surface area contributed by atoms with Crippen molar-refractivity contribution in [2.75, 3.05) is 0 Å². The molecule has 0 amide bonds. The lowest BCUT2D eigenvalue weighted by molar-refractivity contribution is -0.152. The van der Waals surface area contributed by atoms with E-state index in [1.165, 1.54) is 19.1 Å². The third kappa shape index (κ3) is 2.97. The molecule has 1 rings (SSSR count). The van der Waals surface area contributed by atoms with E-state index in [1.54, 1.807) is 12.1 Å². The van der Waals surface area contributed by atoms with E-state index in [1.807, 2.05) is 6.92 Å². The monoisotopic (exact) mass is 238 g/mol. The molecule has 2 atom stereocenters. The number of benzene rings is 1. The quantitative estimate of drug-likeness (QED) is 0.734. The Morgan fingerprint density at radius 2 is 1.88 bits per heavy atom. The molecule has 0 aliphatic carbocycles. The lowest BCUT2D eigenvalue weighted by Crippen LogP contribution is -2.37. The fraction of sp³-hybridized carbons (Fsp3) is 0.462. The molecule has 0 aliphatic heterocycles. The first kappa shape index (κ1) is 13.5. The molecule has 17 heavy (non-hydrogen) atoms. The number of aromatic hydroxyl groups is 1. The van der Waals surface area contributed by atoms with Gasteiger partial charge < -0.3 is 15.3 Å². The van der Waals surface area contributed by atoms with Crippen LogP contribution in [-0.2, 0) is 10.4 Å². The largest absolute Gasteiger partial charge is 0.508 e. The van der Waals surface area contributed by atoms with Crippen LogP contribution >= 0.6 is 0 Å². The molecule has 0 saturated carbocycles. The second-order valence-electron chi connectivity index (χ2n) is 4.37. The molecule has 0 radical (unpaired) electrons. The maximum absolute atomic E-state index is 11.2. The van der Waals surface area contributed by atoms with E-state index in [0.717, 1.165) is 0 Å². The second kappa shape index (κ2) is 5.19. The highest BCUT2D eigenvalue weighted by Crippen LogP contribution is 2.33. The second-order valence-corrected chi connectivity index (χ2v) is 4.37. The van der Waals surface area contributed by atoms with Gasteiger partial charge in [0.2, 0.25) is 0 Å². The van der Waals surface area contributed by atoms with Crippen LogP contribution in [0.5, 0.6) is 5.75 Å². The van der Waals surface area contributed by atoms with E-state index < -0.39 is 17.5 Å². The van der Waals surface area contributed by atoms with Crippen molar-refractivity contribution >= 4 is 5.97 Å². The van der Waals surface area contributed by atoms with Gasteiger partial charge in [0.25, 0.3) is 0 Å². The summed E-state index contributed by atoms with van der Waals surface area (Å²) in [6, 6.07) is 5.96. The minimum Gasteiger partial charge on any atom is -0.508 e. The van der Waals surface area contributed by atoms with Crippen LogP contribution in [0, 0.1) is 5.92 Å². The molecule has 0 fully saturated rings. The van der Waals surface area contributed by atoms with E-state index in [9.17, 15) is 15.0 Å². The maximum atomic E-state index is 11.2. The minimum atomic E-state index is -1.43. The molecule has 0 heterocycles. The summed E-state index contributed by atoms with van der Waals surface area (Å²) >= 11 is 0. The number of carbonyl (C=O) groups is 1. The maximum Gasteiger partial charge on any atom is 0.309 e. The van der Waals surface area contributed by atoms with Crippen LogP contribution in [0.25, 0.3) is 0 Å². The first-order valence-corrected chi connectivity index (χ1v) is 5.64. The zero-order valence-corrected chi connectivity index (χ0v) is 10.1. The summed E-state index contributed by atoms with van der Waals surface area (Å²) < 4.78 is 0. The minimum absolute atomic E-state index is 0.0897. The smallest absolute Gasteiger partial charge is 0.309 e. The van der Waals surface area contributed by atoms with Gasteiger partial charge in [-0.05, 0) is 31.0 Å². The molecule has 94 valence electrons. The van der Waals surface area contributed by atoms with Gasteiger partial charge in [0, 0.05) is 0 Å². The van der Waals surface area contributed by atoms with Crippen LogP contribution in [0.1, 0.15) is 32.3 Å². The number of hydrogen-bond donors (Lipinski definition) is 3. The first-order valence-electron chi connectivity index (χ1n) is 5.64. The van der Waals surface area contributed by atoms with Gasteiger partial charge in [-0.1, -0.05) is 25.5 Å². The Morgan fingerprint density at radius 1 is 1.35 bits per heavy atom. The average molecular weight is 238 g/mol. The van der Waals surface area contributed by atoms with Crippen molar-refractivity contribution in [2.45, 2.75) is 32.3 Å². The van der Waals surface area contributed by atoms with Gasteiger partial charge in [-0.25, -0.2) is 0 Å². The lowest BCUT2D eigenvalue weighted by atomic mass is 9.80. The summed E-state index contributed by atoms with van der Waals surface area (Å²) in [7, 11) is 0. The molecule has 1 aromatic carbocycles. The third-order valence-electron chi connectivity index (χ3n) is 3.01. The van der Waals surface area contributed by atoms with Crippen molar-refractivity contribution in [3.63, 3.8) is 0 Å². The summed E-state index contributed by atoms with van der Waals surface area (Å²) in [6.07, 6.45) is 1.09. The topological polar surface area (TPSA) is 77.8 Å². The van der Waals surface area contributed by atoms with Gasteiger partial charge in [-0.3, -0.25) is 4.79 Å². The van der Waals surface area contributed by atoms with Crippen LogP contribution in [-0.4, -0.2) is 21.3 Å². The Morgan fingerprint density at radius 3 is 2.29 bits per heavy atom. The molecule has 0 spiro atoms. The Kier molecular flexibility index (Phi) is 4.12. The highest BCUT2D eigenvalue weighted by Gasteiger charge is 2.38. The molecule has 1 aromatic rings. The number of aliphatic hydroxyl groups is 1. The zero-order chi connectivity index (χ0) is 13.1. The molecular weight excluding hydrogens is 220 g/mol. The first-order chi connectivity index (χ1) is 7.89. The fourth-order valence-electron chi connectivity index (χ4n) is 1.93. The predicted molar refractivity (Wildman–Crippen MR) is 63.7 cm³/mol. The van der Waals surface area contributed by atoms with Crippen molar-refractivity contribution in [1.29, 1.82) is 0 Å². The summed E-state index contributed by atoms with van der Waals surface area (Å²) in [6.45, 7) is 3.37. The number of phenols is 1. The number of phenolic OH excluding ortho intramolecular Hbond substituents is 1. The number of hydrogen-bond acceptors (Lipinski definition) is 3. The Bertz CT molecular complexity index is 381. The Balaban J connectivity index is 3.06. The molecule has 4 nitrogen and oxygen atoms in total. The van der Waals surface area contributed by atoms with Crippen molar-refractivity contribution in [3.05, 3.63) is 29.8 Å². The van der Waals surface area contributed by atoms with Crippen LogP contribution in [0.4, 0.5) is 0 Å². The van der Waals surface area contributed by atoms with Gasteiger partial charge in [0.05, 0.1) is 5.92 Å². The van der Waals surface area contributed by atoms with Gasteiger partial charge in [0.15, 0.2) is 0 Å². The number of carboxylic acid groups (broad SMARTS) is 1. The molecule has 0 bridgehead atoms. The standard InChI is InChI=1S/C13H18O4/c1-3-4-11(12(15)16)13(2,17)9-5-7-10(14)8-6-9/h5-8,11,14,17H,3-4H2,1-2H3,(H,15,16). The van der Waals surface area contributed by atoms with E-state index in [0.29, 0.717) is 18.4 Å². The van der Waals surface area contributed by atoms with Gasteiger partial charge >= 0.3 is 5.97 Å². The Hall–Kier alpha value is -1.55. The van der Waals surface area contributed by atoms with Crippen LogP contribution in [0.15, 0.2) is 24.3 Å². The van der Waals surface area contributed by atoms with E-state index in [-0.39, 0.29) is 5.75 Å². The number of aliphatic carboxylic acids is 1. The van der Waals surface area contributed by atoms with Crippen LogP contribution in [0.3, 0.4) is 0 Å². The van der Waals surface area contributed by atoms with Gasteiger partial charge in [-0.15, -0.1) is 0 Å². The number of rotatable bonds is 5. The van der Waals surface area contributed by atoms with E-state index >= 15 is 0 Å².